The standard InChI is InChI=1S/C18H18N4O4/c23-17(19-10-9-14-5-2-1-3-6-14)12-18(24)21-20-13-15-7-4-8-16(11-15)22(25)26/h1-8,11,13H,9-10,12H2,(H,19,23)(H,21,24)/b20-13-. The number of benzene rings is 2. The quantitative estimate of drug-likeness (QED) is 0.325. The van der Waals surface area contributed by atoms with Crippen LogP contribution in [-0.2, 0) is 16.0 Å². The monoisotopic (exact) mass is 354 g/mol. The topological polar surface area (TPSA) is 114 Å². The summed E-state index contributed by atoms with van der Waals surface area (Å²) in [4.78, 5) is 33.5. The van der Waals surface area contributed by atoms with Crippen LogP contribution in [0.5, 0.6) is 0 Å². The molecule has 0 fully saturated rings. The summed E-state index contributed by atoms with van der Waals surface area (Å²) in [5.74, 6) is -0.965. The summed E-state index contributed by atoms with van der Waals surface area (Å²) < 4.78 is 0. The first-order valence-electron chi connectivity index (χ1n) is 7.91. The van der Waals surface area contributed by atoms with Gasteiger partial charge in [0.15, 0.2) is 0 Å². The maximum Gasteiger partial charge on any atom is 0.270 e. The van der Waals surface area contributed by atoms with Gasteiger partial charge in [0.05, 0.1) is 11.1 Å². The van der Waals surface area contributed by atoms with Gasteiger partial charge in [0.2, 0.25) is 11.8 Å². The largest absolute Gasteiger partial charge is 0.355 e. The minimum Gasteiger partial charge on any atom is -0.355 e. The number of hydrazone groups is 1. The van der Waals surface area contributed by atoms with E-state index in [-0.39, 0.29) is 12.1 Å². The lowest BCUT2D eigenvalue weighted by Crippen LogP contribution is -2.31. The Morgan fingerprint density at radius 2 is 1.85 bits per heavy atom. The second-order valence-electron chi connectivity index (χ2n) is 5.41. The van der Waals surface area contributed by atoms with Crippen LogP contribution in [0.1, 0.15) is 17.5 Å². The number of hydrogen-bond acceptors (Lipinski definition) is 5. The van der Waals surface area contributed by atoms with Crippen molar-refractivity contribution in [3.05, 3.63) is 75.8 Å². The van der Waals surface area contributed by atoms with E-state index >= 15 is 0 Å². The molecule has 2 aromatic carbocycles. The van der Waals surface area contributed by atoms with Crippen molar-refractivity contribution in [2.45, 2.75) is 12.8 Å². The van der Waals surface area contributed by atoms with Crippen molar-refractivity contribution in [3.63, 3.8) is 0 Å². The van der Waals surface area contributed by atoms with E-state index in [1.165, 1.54) is 24.4 Å². The molecule has 0 bridgehead atoms. The molecule has 2 aromatic rings. The SMILES string of the molecule is O=C(CC(=O)N/N=C\c1cccc([N+](=O)[O-])c1)NCCc1ccccc1. The predicted molar refractivity (Wildman–Crippen MR) is 96.6 cm³/mol. The molecule has 8 heteroatoms. The molecule has 0 spiro atoms. The van der Waals surface area contributed by atoms with Crippen LogP contribution < -0.4 is 10.7 Å². The molecule has 0 atom stereocenters. The third-order valence-corrected chi connectivity index (χ3v) is 3.38. The number of nitrogens with one attached hydrogen (secondary N) is 2. The molecule has 2 amide bonds. The second-order valence-corrected chi connectivity index (χ2v) is 5.41. The zero-order valence-corrected chi connectivity index (χ0v) is 13.9. The second kappa shape index (κ2) is 9.67. The van der Waals surface area contributed by atoms with Gasteiger partial charge in [-0.1, -0.05) is 42.5 Å². The molecule has 2 rings (SSSR count). The van der Waals surface area contributed by atoms with E-state index in [9.17, 15) is 19.7 Å². The molecule has 0 aliphatic carbocycles. The number of amides is 2. The van der Waals surface area contributed by atoms with Gasteiger partial charge in [-0.2, -0.15) is 5.10 Å². The summed E-state index contributed by atoms with van der Waals surface area (Å²) in [6.07, 6.45) is 1.61. The summed E-state index contributed by atoms with van der Waals surface area (Å²) in [6.45, 7) is 0.438. The number of non-ortho nitro benzene ring substituents is 1. The van der Waals surface area contributed by atoms with Crippen LogP contribution in [0.4, 0.5) is 5.69 Å². The highest BCUT2D eigenvalue weighted by Gasteiger charge is 2.08. The maximum atomic E-state index is 11.7. The molecule has 8 nitrogen and oxygen atoms in total. The fourth-order valence-electron chi connectivity index (χ4n) is 2.14. The van der Waals surface area contributed by atoms with Crippen molar-refractivity contribution in [3.8, 4) is 0 Å². The van der Waals surface area contributed by atoms with E-state index in [1.54, 1.807) is 6.07 Å². The minimum absolute atomic E-state index is 0.0712. The molecular formula is C18H18N4O4. The third-order valence-electron chi connectivity index (χ3n) is 3.38. The van der Waals surface area contributed by atoms with Gasteiger partial charge in [0.1, 0.15) is 6.42 Å². The molecule has 0 aromatic heterocycles. The summed E-state index contributed by atoms with van der Waals surface area (Å²) in [6, 6.07) is 15.5. The van der Waals surface area contributed by atoms with E-state index < -0.39 is 16.7 Å². The van der Waals surface area contributed by atoms with E-state index in [4.69, 9.17) is 0 Å². The van der Waals surface area contributed by atoms with Crippen molar-refractivity contribution >= 4 is 23.7 Å². The Morgan fingerprint density at radius 3 is 2.58 bits per heavy atom. The molecule has 26 heavy (non-hydrogen) atoms. The highest BCUT2D eigenvalue weighted by Crippen LogP contribution is 2.11. The van der Waals surface area contributed by atoms with E-state index in [2.05, 4.69) is 15.8 Å². The van der Waals surface area contributed by atoms with Gasteiger partial charge in [-0.3, -0.25) is 19.7 Å². The van der Waals surface area contributed by atoms with Crippen LogP contribution in [0.25, 0.3) is 0 Å². The maximum absolute atomic E-state index is 11.7. The Kier molecular flexibility index (Phi) is 6.99. The van der Waals surface area contributed by atoms with Crippen molar-refractivity contribution in [2.24, 2.45) is 5.10 Å². The Morgan fingerprint density at radius 1 is 1.08 bits per heavy atom. The Hall–Kier alpha value is -3.55. The fourth-order valence-corrected chi connectivity index (χ4v) is 2.14. The third kappa shape index (κ3) is 6.52. The van der Waals surface area contributed by atoms with Gasteiger partial charge in [-0.05, 0) is 12.0 Å². The predicted octanol–water partition coefficient (Wildman–Crippen LogP) is 1.79. The van der Waals surface area contributed by atoms with Crippen LogP contribution in [0.3, 0.4) is 0 Å². The summed E-state index contributed by atoms with van der Waals surface area (Å²) in [5, 5.41) is 17.0. The number of hydrogen-bond donors (Lipinski definition) is 2. The Bertz CT molecular complexity index is 806. The molecule has 0 heterocycles. The Labute approximate surface area is 150 Å². The average Bonchev–Trinajstić information content (AvgIpc) is 2.63. The molecule has 134 valence electrons. The highest BCUT2D eigenvalue weighted by molar-refractivity contribution is 5.97. The van der Waals surface area contributed by atoms with Crippen LogP contribution in [-0.4, -0.2) is 29.5 Å². The number of nitrogens with zero attached hydrogens (tertiary/aromatic N) is 2. The lowest BCUT2D eigenvalue weighted by molar-refractivity contribution is -0.384. The molecule has 0 saturated heterocycles. The van der Waals surface area contributed by atoms with Crippen LogP contribution in [0.2, 0.25) is 0 Å². The number of nitro benzene ring substituents is 1. The Balaban J connectivity index is 1.71. The number of rotatable bonds is 8. The summed E-state index contributed by atoms with van der Waals surface area (Å²) in [5.41, 5.74) is 3.71. The van der Waals surface area contributed by atoms with Crippen LogP contribution in [0.15, 0.2) is 59.7 Å². The number of carbonyl (C=O) groups excluding carboxylic acids is 2. The summed E-state index contributed by atoms with van der Waals surface area (Å²) in [7, 11) is 0. The molecular weight excluding hydrogens is 336 g/mol. The van der Waals surface area contributed by atoms with Crippen molar-refractivity contribution < 1.29 is 14.5 Å². The molecule has 0 radical (unpaired) electrons. The number of carbonyl (C=O) groups is 2. The normalized spacial score (nSPS) is 10.5. The van der Waals surface area contributed by atoms with Gasteiger partial charge >= 0.3 is 0 Å². The minimum atomic E-state index is -0.566. The van der Waals surface area contributed by atoms with Gasteiger partial charge < -0.3 is 5.32 Å². The van der Waals surface area contributed by atoms with Gasteiger partial charge in [-0.25, -0.2) is 5.43 Å². The highest BCUT2D eigenvalue weighted by atomic mass is 16.6. The smallest absolute Gasteiger partial charge is 0.270 e. The van der Waals surface area contributed by atoms with E-state index in [0.29, 0.717) is 18.5 Å². The van der Waals surface area contributed by atoms with Crippen molar-refractivity contribution in [2.75, 3.05) is 6.54 Å². The van der Waals surface area contributed by atoms with Crippen molar-refractivity contribution in [1.29, 1.82) is 0 Å². The average molecular weight is 354 g/mol. The van der Waals surface area contributed by atoms with Crippen molar-refractivity contribution in [1.82, 2.24) is 10.7 Å². The molecule has 0 unspecified atom stereocenters. The molecule has 0 saturated carbocycles. The lowest BCUT2D eigenvalue weighted by atomic mass is 10.1. The van der Waals surface area contributed by atoms with Gasteiger partial charge in [-0.15, -0.1) is 0 Å². The first kappa shape index (κ1) is 18.8. The van der Waals surface area contributed by atoms with Crippen LogP contribution >= 0.6 is 0 Å². The summed E-state index contributed by atoms with van der Waals surface area (Å²) >= 11 is 0. The van der Waals surface area contributed by atoms with Gasteiger partial charge in [0, 0.05) is 24.2 Å². The first-order valence-corrected chi connectivity index (χ1v) is 7.91. The lowest BCUT2D eigenvalue weighted by Gasteiger charge is -2.04. The van der Waals surface area contributed by atoms with E-state index in [0.717, 1.165) is 5.56 Å². The van der Waals surface area contributed by atoms with Crippen LogP contribution in [0, 0.1) is 10.1 Å². The molecule has 0 aliphatic heterocycles. The number of nitro groups is 1. The van der Waals surface area contributed by atoms with E-state index in [1.807, 2.05) is 30.3 Å². The van der Waals surface area contributed by atoms with Gasteiger partial charge in [0.25, 0.3) is 5.69 Å². The zero-order valence-electron chi connectivity index (χ0n) is 13.9. The first-order chi connectivity index (χ1) is 12.5. The zero-order chi connectivity index (χ0) is 18.8. The fraction of sp³-hybridized carbons (Fsp3) is 0.167. The molecule has 2 N–H and O–H groups in total. The molecule has 0 aliphatic rings.